The topological polar surface area (TPSA) is 67.4 Å². The Kier molecular flexibility index (Phi) is 6.12. The molecule has 0 aromatic rings. The monoisotopic (exact) mass is 256 g/mol. The molecule has 1 rings (SSSR count). The summed E-state index contributed by atoms with van der Waals surface area (Å²) in [5.74, 6) is -0.361. The maximum atomic E-state index is 11.9. The van der Waals surface area contributed by atoms with Crippen LogP contribution in [0.5, 0.6) is 0 Å². The molecule has 5 heteroatoms. The molecule has 18 heavy (non-hydrogen) atoms. The van der Waals surface area contributed by atoms with Crippen molar-refractivity contribution >= 4 is 11.9 Å². The second-order valence-corrected chi connectivity index (χ2v) is 4.95. The lowest BCUT2D eigenvalue weighted by atomic mass is 9.99. The summed E-state index contributed by atoms with van der Waals surface area (Å²) in [4.78, 5) is 23.5. The van der Waals surface area contributed by atoms with Crippen LogP contribution in [0.15, 0.2) is 0 Å². The van der Waals surface area contributed by atoms with Crippen molar-refractivity contribution in [3.8, 4) is 0 Å². The molecule has 0 bridgehead atoms. The molecule has 1 heterocycles. The lowest BCUT2D eigenvalue weighted by Crippen LogP contribution is -2.47. The Bertz CT molecular complexity index is 288. The maximum absolute atomic E-state index is 11.9. The molecule has 0 saturated carbocycles. The van der Waals surface area contributed by atoms with E-state index in [9.17, 15) is 9.59 Å². The van der Waals surface area contributed by atoms with Gasteiger partial charge in [0.15, 0.2) is 0 Å². The van der Waals surface area contributed by atoms with Crippen LogP contribution in [0.2, 0.25) is 0 Å². The average Bonchev–Trinajstić information content (AvgIpc) is 2.86. The zero-order chi connectivity index (χ0) is 13.5. The minimum Gasteiger partial charge on any atom is -0.467 e. The molecule has 1 fully saturated rings. The fourth-order valence-electron chi connectivity index (χ4n) is 2.18. The fourth-order valence-corrected chi connectivity index (χ4v) is 2.18. The highest BCUT2D eigenvalue weighted by Gasteiger charge is 2.27. The van der Waals surface area contributed by atoms with Crippen LogP contribution in [0.4, 0.5) is 0 Å². The van der Waals surface area contributed by atoms with Gasteiger partial charge in [-0.05, 0) is 25.3 Å². The first-order valence-corrected chi connectivity index (χ1v) is 6.69. The zero-order valence-corrected chi connectivity index (χ0v) is 11.5. The highest BCUT2D eigenvalue weighted by Crippen LogP contribution is 2.12. The summed E-state index contributed by atoms with van der Waals surface area (Å²) in [7, 11) is 1.35. The molecule has 1 saturated heterocycles. The lowest BCUT2D eigenvalue weighted by molar-refractivity contribution is -0.146. The Morgan fingerprint density at radius 2 is 2.22 bits per heavy atom. The molecule has 2 N–H and O–H groups in total. The van der Waals surface area contributed by atoms with Gasteiger partial charge in [0.25, 0.3) is 0 Å². The first kappa shape index (κ1) is 15.0. The van der Waals surface area contributed by atoms with Gasteiger partial charge in [0.2, 0.25) is 5.91 Å². The molecule has 104 valence electrons. The highest BCUT2D eigenvalue weighted by molar-refractivity contribution is 5.84. The number of rotatable bonds is 6. The summed E-state index contributed by atoms with van der Waals surface area (Å²) in [6, 6.07) is -0.283. The SMILES string of the molecule is CC[C@H](C)[C@H](NC(=O)CC1CCCN1)C(=O)OC. The molecule has 0 aromatic carbocycles. The van der Waals surface area contributed by atoms with Crippen molar-refractivity contribution in [2.24, 2.45) is 5.92 Å². The van der Waals surface area contributed by atoms with E-state index in [-0.39, 0.29) is 23.8 Å². The van der Waals surface area contributed by atoms with Crippen molar-refractivity contribution in [1.29, 1.82) is 0 Å². The predicted molar refractivity (Wildman–Crippen MR) is 69.0 cm³/mol. The second-order valence-electron chi connectivity index (χ2n) is 4.95. The quantitative estimate of drug-likeness (QED) is 0.691. The number of hydrogen-bond acceptors (Lipinski definition) is 4. The first-order valence-electron chi connectivity index (χ1n) is 6.69. The number of carbonyl (C=O) groups is 2. The van der Waals surface area contributed by atoms with Crippen molar-refractivity contribution in [3.63, 3.8) is 0 Å². The molecule has 0 spiro atoms. The Balaban J connectivity index is 2.48. The minimum atomic E-state index is -0.533. The van der Waals surface area contributed by atoms with Crippen LogP contribution in [0.25, 0.3) is 0 Å². The predicted octanol–water partition coefficient (Wildman–Crippen LogP) is 0.832. The van der Waals surface area contributed by atoms with E-state index in [0.29, 0.717) is 6.42 Å². The third kappa shape index (κ3) is 4.29. The molecule has 0 aliphatic carbocycles. The summed E-state index contributed by atoms with van der Waals surface area (Å²) in [5, 5.41) is 6.06. The van der Waals surface area contributed by atoms with Gasteiger partial charge in [0.1, 0.15) is 6.04 Å². The van der Waals surface area contributed by atoms with E-state index in [2.05, 4.69) is 10.6 Å². The summed E-state index contributed by atoms with van der Waals surface area (Å²) in [6.07, 6.45) is 3.40. The number of esters is 1. The van der Waals surface area contributed by atoms with Crippen LogP contribution < -0.4 is 10.6 Å². The van der Waals surface area contributed by atoms with Gasteiger partial charge in [-0.1, -0.05) is 20.3 Å². The smallest absolute Gasteiger partial charge is 0.328 e. The summed E-state index contributed by atoms with van der Waals surface area (Å²) >= 11 is 0. The number of methoxy groups -OCH3 is 1. The van der Waals surface area contributed by atoms with E-state index in [1.165, 1.54) is 7.11 Å². The second kappa shape index (κ2) is 7.36. The maximum Gasteiger partial charge on any atom is 0.328 e. The van der Waals surface area contributed by atoms with Crippen molar-refractivity contribution in [1.82, 2.24) is 10.6 Å². The minimum absolute atomic E-state index is 0.0786. The van der Waals surface area contributed by atoms with Gasteiger partial charge in [-0.25, -0.2) is 4.79 Å². The van der Waals surface area contributed by atoms with E-state index >= 15 is 0 Å². The third-order valence-corrected chi connectivity index (χ3v) is 3.58. The van der Waals surface area contributed by atoms with E-state index in [4.69, 9.17) is 4.74 Å². The van der Waals surface area contributed by atoms with E-state index in [1.54, 1.807) is 0 Å². The standard InChI is InChI=1S/C13H24N2O3/c1-4-9(2)12(13(17)18-3)15-11(16)8-10-6-5-7-14-10/h9-10,12,14H,4-8H2,1-3H3,(H,15,16)/t9-,10?,12-/m0/s1. The van der Waals surface area contributed by atoms with Crippen molar-refractivity contribution in [2.45, 2.75) is 51.6 Å². The van der Waals surface area contributed by atoms with Crippen LogP contribution in [0, 0.1) is 5.92 Å². The summed E-state index contributed by atoms with van der Waals surface area (Å²) in [5.41, 5.74) is 0. The molecule has 1 aliphatic rings. The van der Waals surface area contributed by atoms with Crippen molar-refractivity contribution in [3.05, 3.63) is 0 Å². The highest BCUT2D eigenvalue weighted by atomic mass is 16.5. The van der Waals surface area contributed by atoms with Gasteiger partial charge in [0.05, 0.1) is 7.11 Å². The van der Waals surface area contributed by atoms with Gasteiger partial charge in [-0.3, -0.25) is 4.79 Å². The Labute approximate surface area is 109 Å². The van der Waals surface area contributed by atoms with Gasteiger partial charge >= 0.3 is 5.97 Å². The van der Waals surface area contributed by atoms with Crippen LogP contribution in [0.1, 0.15) is 39.5 Å². The third-order valence-electron chi connectivity index (χ3n) is 3.58. The Hall–Kier alpha value is -1.10. The van der Waals surface area contributed by atoms with Crippen molar-refractivity contribution < 1.29 is 14.3 Å². The van der Waals surface area contributed by atoms with E-state index in [1.807, 2.05) is 13.8 Å². The van der Waals surface area contributed by atoms with Crippen LogP contribution >= 0.6 is 0 Å². The molecule has 5 nitrogen and oxygen atoms in total. The van der Waals surface area contributed by atoms with Gasteiger partial charge in [-0.2, -0.15) is 0 Å². The Morgan fingerprint density at radius 3 is 2.72 bits per heavy atom. The van der Waals surface area contributed by atoms with Gasteiger partial charge < -0.3 is 15.4 Å². The molecule has 1 amide bonds. The van der Waals surface area contributed by atoms with Crippen molar-refractivity contribution in [2.75, 3.05) is 13.7 Å². The normalized spacial score (nSPS) is 22.3. The van der Waals surface area contributed by atoms with Crippen LogP contribution in [-0.4, -0.2) is 37.6 Å². The number of nitrogens with one attached hydrogen (secondary N) is 2. The van der Waals surface area contributed by atoms with Crippen LogP contribution in [0.3, 0.4) is 0 Å². The largest absolute Gasteiger partial charge is 0.467 e. The molecule has 0 radical (unpaired) electrons. The Morgan fingerprint density at radius 1 is 1.50 bits per heavy atom. The average molecular weight is 256 g/mol. The summed E-state index contributed by atoms with van der Waals surface area (Å²) in [6.45, 7) is 4.91. The summed E-state index contributed by atoms with van der Waals surface area (Å²) < 4.78 is 4.74. The first-order chi connectivity index (χ1) is 8.58. The van der Waals surface area contributed by atoms with E-state index < -0.39 is 6.04 Å². The van der Waals surface area contributed by atoms with Crippen LogP contribution in [-0.2, 0) is 14.3 Å². The number of hydrogen-bond donors (Lipinski definition) is 2. The number of amides is 1. The lowest BCUT2D eigenvalue weighted by Gasteiger charge is -2.22. The molecule has 1 aliphatic heterocycles. The van der Waals surface area contributed by atoms with Gasteiger partial charge in [0, 0.05) is 12.5 Å². The molecule has 3 atom stereocenters. The van der Waals surface area contributed by atoms with Gasteiger partial charge in [-0.15, -0.1) is 0 Å². The molecule has 0 aromatic heterocycles. The number of carbonyl (C=O) groups excluding carboxylic acids is 2. The van der Waals surface area contributed by atoms with E-state index in [0.717, 1.165) is 25.8 Å². The zero-order valence-electron chi connectivity index (χ0n) is 11.5. The number of ether oxygens (including phenoxy) is 1. The fraction of sp³-hybridized carbons (Fsp3) is 0.846. The molecular weight excluding hydrogens is 232 g/mol. The molecular formula is C13H24N2O3. The molecule has 1 unspecified atom stereocenters.